The highest BCUT2D eigenvalue weighted by Crippen LogP contribution is 2.35. The van der Waals surface area contributed by atoms with Crippen LogP contribution in [0.15, 0.2) is 0 Å². The topological polar surface area (TPSA) is 63.3 Å². The van der Waals surface area contributed by atoms with Gasteiger partial charge in [0.05, 0.1) is 5.92 Å². The number of hydrogen-bond acceptors (Lipinski definition) is 2. The summed E-state index contributed by atoms with van der Waals surface area (Å²) in [5.41, 5.74) is 5.47. The molecule has 2 atom stereocenters. The summed E-state index contributed by atoms with van der Waals surface area (Å²) in [4.78, 5) is 10.9. The van der Waals surface area contributed by atoms with Crippen LogP contribution in [-0.4, -0.2) is 17.6 Å². The summed E-state index contributed by atoms with van der Waals surface area (Å²) in [5.74, 6) is 0.493. The molecular weight excluding hydrogens is 202 g/mol. The van der Waals surface area contributed by atoms with Gasteiger partial charge in [-0.1, -0.05) is 39.0 Å². The molecule has 1 aliphatic rings. The molecule has 0 aromatic carbocycles. The third kappa shape index (κ3) is 3.78. The molecule has 0 radical (unpaired) electrons. The van der Waals surface area contributed by atoms with E-state index in [1.54, 1.807) is 0 Å². The molecule has 0 saturated heterocycles. The number of carboxylic acid groups (broad SMARTS) is 1. The lowest BCUT2D eigenvalue weighted by Gasteiger charge is -2.23. The predicted octanol–water partition coefficient (Wildman–Crippen LogP) is 2.64. The van der Waals surface area contributed by atoms with Gasteiger partial charge in [-0.25, -0.2) is 0 Å². The number of hydrogen-bond donors (Lipinski definition) is 2. The van der Waals surface area contributed by atoms with Gasteiger partial charge in [0.1, 0.15) is 0 Å². The minimum Gasteiger partial charge on any atom is -0.481 e. The molecule has 0 heterocycles. The first-order valence-corrected chi connectivity index (χ1v) is 6.61. The highest BCUT2D eigenvalue weighted by Gasteiger charge is 2.25. The molecule has 3 heteroatoms. The van der Waals surface area contributed by atoms with Gasteiger partial charge in [0.25, 0.3) is 0 Å². The summed E-state index contributed by atoms with van der Waals surface area (Å²) in [6.45, 7) is 2.50. The molecule has 94 valence electrons. The average Bonchev–Trinajstić information content (AvgIpc) is 2.77. The number of rotatable bonds is 7. The summed E-state index contributed by atoms with van der Waals surface area (Å²) in [6.07, 6.45) is 8.39. The van der Waals surface area contributed by atoms with Gasteiger partial charge in [0, 0.05) is 6.54 Å². The summed E-state index contributed by atoms with van der Waals surface area (Å²) < 4.78 is 0. The van der Waals surface area contributed by atoms with Gasteiger partial charge in [-0.2, -0.15) is 0 Å². The fourth-order valence-electron chi connectivity index (χ4n) is 2.96. The SMILES string of the molecule is CCC(CCC(CN)C(=O)O)C1CCCC1. The Hall–Kier alpha value is -0.570. The van der Waals surface area contributed by atoms with Gasteiger partial charge in [-0.05, 0) is 24.7 Å². The zero-order chi connectivity index (χ0) is 12.0. The molecule has 1 saturated carbocycles. The maximum atomic E-state index is 10.9. The van der Waals surface area contributed by atoms with Crippen molar-refractivity contribution in [2.45, 2.75) is 51.9 Å². The van der Waals surface area contributed by atoms with Crippen molar-refractivity contribution in [1.82, 2.24) is 0 Å². The van der Waals surface area contributed by atoms with Crippen LogP contribution in [-0.2, 0) is 4.79 Å². The quantitative estimate of drug-likeness (QED) is 0.702. The van der Waals surface area contributed by atoms with E-state index in [9.17, 15) is 4.79 Å². The predicted molar refractivity (Wildman–Crippen MR) is 65.2 cm³/mol. The van der Waals surface area contributed by atoms with E-state index < -0.39 is 5.97 Å². The standard InChI is InChI=1S/C13H25NO2/c1-2-10(11-5-3-4-6-11)7-8-12(9-14)13(15)16/h10-12H,2-9,14H2,1H3,(H,15,16). The fraction of sp³-hybridized carbons (Fsp3) is 0.923. The molecule has 0 aromatic heterocycles. The van der Waals surface area contributed by atoms with Crippen LogP contribution in [0.3, 0.4) is 0 Å². The van der Waals surface area contributed by atoms with E-state index in [2.05, 4.69) is 6.92 Å². The molecule has 0 aromatic rings. The Balaban J connectivity index is 2.35. The average molecular weight is 227 g/mol. The maximum Gasteiger partial charge on any atom is 0.307 e. The van der Waals surface area contributed by atoms with E-state index in [-0.39, 0.29) is 12.5 Å². The second-order valence-electron chi connectivity index (χ2n) is 5.06. The second kappa shape index (κ2) is 6.89. The molecule has 16 heavy (non-hydrogen) atoms. The first kappa shape index (κ1) is 13.5. The van der Waals surface area contributed by atoms with Gasteiger partial charge in [0.2, 0.25) is 0 Å². The Morgan fingerprint density at radius 3 is 2.44 bits per heavy atom. The number of nitrogens with two attached hydrogens (primary N) is 1. The Morgan fingerprint density at radius 1 is 1.38 bits per heavy atom. The van der Waals surface area contributed by atoms with Gasteiger partial charge < -0.3 is 10.8 Å². The van der Waals surface area contributed by atoms with E-state index in [1.807, 2.05) is 0 Å². The van der Waals surface area contributed by atoms with Crippen molar-refractivity contribution < 1.29 is 9.90 Å². The van der Waals surface area contributed by atoms with Gasteiger partial charge >= 0.3 is 5.97 Å². The van der Waals surface area contributed by atoms with Gasteiger partial charge in [-0.3, -0.25) is 4.79 Å². The molecule has 3 N–H and O–H groups in total. The first-order valence-electron chi connectivity index (χ1n) is 6.61. The monoisotopic (exact) mass is 227 g/mol. The van der Waals surface area contributed by atoms with E-state index in [0.29, 0.717) is 0 Å². The molecule has 0 aliphatic heterocycles. The molecule has 1 rings (SSSR count). The summed E-state index contributed by atoms with van der Waals surface area (Å²) in [6, 6.07) is 0. The van der Waals surface area contributed by atoms with Crippen molar-refractivity contribution in [3.63, 3.8) is 0 Å². The van der Waals surface area contributed by atoms with E-state index in [0.717, 1.165) is 24.7 Å². The normalized spacial score (nSPS) is 20.9. The molecule has 3 nitrogen and oxygen atoms in total. The van der Waals surface area contributed by atoms with Crippen LogP contribution >= 0.6 is 0 Å². The van der Waals surface area contributed by atoms with Crippen LogP contribution in [0, 0.1) is 17.8 Å². The lowest BCUT2D eigenvalue weighted by Crippen LogP contribution is -2.24. The van der Waals surface area contributed by atoms with E-state index >= 15 is 0 Å². The third-order valence-corrected chi connectivity index (χ3v) is 4.11. The molecular formula is C13H25NO2. The summed E-state index contributed by atoms with van der Waals surface area (Å²) in [5, 5.41) is 8.94. The summed E-state index contributed by atoms with van der Waals surface area (Å²) in [7, 11) is 0. The zero-order valence-corrected chi connectivity index (χ0v) is 10.3. The van der Waals surface area contributed by atoms with Crippen molar-refractivity contribution in [1.29, 1.82) is 0 Å². The van der Waals surface area contributed by atoms with Crippen LogP contribution in [0.25, 0.3) is 0 Å². The maximum absolute atomic E-state index is 10.9. The Kier molecular flexibility index (Phi) is 5.81. The lowest BCUT2D eigenvalue weighted by molar-refractivity contribution is -0.141. The minimum absolute atomic E-state index is 0.274. The van der Waals surface area contributed by atoms with E-state index in [4.69, 9.17) is 10.8 Å². The van der Waals surface area contributed by atoms with Crippen molar-refractivity contribution in [2.75, 3.05) is 6.54 Å². The lowest BCUT2D eigenvalue weighted by atomic mass is 9.83. The Bertz CT molecular complexity index is 212. The molecule has 1 fully saturated rings. The Labute approximate surface area is 98.4 Å². The van der Waals surface area contributed by atoms with Crippen LogP contribution in [0.5, 0.6) is 0 Å². The highest BCUT2D eigenvalue weighted by atomic mass is 16.4. The zero-order valence-electron chi connectivity index (χ0n) is 10.3. The molecule has 0 spiro atoms. The fourth-order valence-corrected chi connectivity index (χ4v) is 2.96. The van der Waals surface area contributed by atoms with Crippen molar-refractivity contribution in [2.24, 2.45) is 23.5 Å². The third-order valence-electron chi connectivity index (χ3n) is 4.11. The number of carboxylic acids is 1. The van der Waals surface area contributed by atoms with Crippen LogP contribution in [0.4, 0.5) is 0 Å². The van der Waals surface area contributed by atoms with Crippen molar-refractivity contribution in [3.8, 4) is 0 Å². The smallest absolute Gasteiger partial charge is 0.307 e. The highest BCUT2D eigenvalue weighted by molar-refractivity contribution is 5.70. The van der Waals surface area contributed by atoms with Gasteiger partial charge in [0.15, 0.2) is 0 Å². The van der Waals surface area contributed by atoms with Crippen LogP contribution in [0.1, 0.15) is 51.9 Å². The number of carbonyl (C=O) groups is 1. The van der Waals surface area contributed by atoms with Crippen molar-refractivity contribution in [3.05, 3.63) is 0 Å². The van der Waals surface area contributed by atoms with Crippen LogP contribution in [0.2, 0.25) is 0 Å². The summed E-state index contributed by atoms with van der Waals surface area (Å²) >= 11 is 0. The van der Waals surface area contributed by atoms with Crippen LogP contribution < -0.4 is 5.73 Å². The Morgan fingerprint density at radius 2 is 2.00 bits per heavy atom. The van der Waals surface area contributed by atoms with Gasteiger partial charge in [-0.15, -0.1) is 0 Å². The minimum atomic E-state index is -0.733. The number of aliphatic carboxylic acids is 1. The van der Waals surface area contributed by atoms with E-state index in [1.165, 1.54) is 32.1 Å². The molecule has 2 unspecified atom stereocenters. The second-order valence-corrected chi connectivity index (χ2v) is 5.06. The molecule has 1 aliphatic carbocycles. The largest absolute Gasteiger partial charge is 0.481 e. The molecule has 0 bridgehead atoms. The molecule has 0 amide bonds. The first-order chi connectivity index (χ1) is 7.69. The van der Waals surface area contributed by atoms with Crippen molar-refractivity contribution >= 4 is 5.97 Å².